The maximum atomic E-state index is 11.9. The Morgan fingerprint density at radius 2 is 2.16 bits per heavy atom. The van der Waals surface area contributed by atoms with Crippen LogP contribution in [0.5, 0.6) is 5.75 Å². The van der Waals surface area contributed by atoms with Crippen LogP contribution in [0.1, 0.15) is 29.3 Å². The lowest BCUT2D eigenvalue weighted by Gasteiger charge is -2.23. The summed E-state index contributed by atoms with van der Waals surface area (Å²) in [7, 11) is 1.56. The second-order valence-corrected chi connectivity index (χ2v) is 4.94. The van der Waals surface area contributed by atoms with Crippen LogP contribution < -0.4 is 5.32 Å². The van der Waals surface area contributed by atoms with Crippen LogP contribution in [0.25, 0.3) is 0 Å². The number of hydrogen-bond donors (Lipinski definition) is 3. The zero-order valence-corrected chi connectivity index (χ0v) is 11.6. The number of aromatic hydroxyl groups is 1. The number of phenols is 1. The maximum absolute atomic E-state index is 11.9. The van der Waals surface area contributed by atoms with E-state index in [4.69, 9.17) is 4.74 Å². The van der Waals surface area contributed by atoms with E-state index in [1.54, 1.807) is 26.2 Å². The normalized spacial score (nSPS) is 13.9. The number of phenolic OH excluding ortho intramolecular Hbond substituents is 1. The smallest absolute Gasteiger partial charge is 0.255 e. The van der Waals surface area contributed by atoms with E-state index >= 15 is 0 Å². The van der Waals surface area contributed by atoms with Crippen LogP contribution in [0, 0.1) is 6.92 Å². The molecule has 0 fully saturated rings. The molecule has 1 aromatic rings. The van der Waals surface area contributed by atoms with Crippen molar-refractivity contribution in [2.24, 2.45) is 0 Å². The second-order valence-electron chi connectivity index (χ2n) is 4.94. The van der Waals surface area contributed by atoms with Crippen molar-refractivity contribution in [2.75, 3.05) is 20.3 Å². The summed E-state index contributed by atoms with van der Waals surface area (Å²) < 4.78 is 4.89. The number of hydrogen-bond acceptors (Lipinski definition) is 4. The third kappa shape index (κ3) is 4.89. The van der Waals surface area contributed by atoms with Crippen molar-refractivity contribution >= 4 is 5.91 Å². The van der Waals surface area contributed by atoms with Gasteiger partial charge in [-0.2, -0.15) is 0 Å². The Morgan fingerprint density at radius 3 is 2.79 bits per heavy atom. The molecule has 0 saturated carbocycles. The van der Waals surface area contributed by atoms with Crippen LogP contribution in [-0.2, 0) is 4.74 Å². The van der Waals surface area contributed by atoms with Crippen LogP contribution in [-0.4, -0.2) is 42.0 Å². The number of aliphatic hydroxyl groups is 1. The molecule has 1 unspecified atom stereocenters. The summed E-state index contributed by atoms with van der Waals surface area (Å²) in [6, 6.07) is 4.81. The van der Waals surface area contributed by atoms with Crippen molar-refractivity contribution in [1.29, 1.82) is 0 Å². The molecule has 0 heterocycles. The number of nitrogens with one attached hydrogen (secondary N) is 1. The molecule has 5 heteroatoms. The van der Waals surface area contributed by atoms with E-state index in [0.29, 0.717) is 13.0 Å². The van der Waals surface area contributed by atoms with Crippen LogP contribution in [0.2, 0.25) is 0 Å². The van der Waals surface area contributed by atoms with Gasteiger partial charge >= 0.3 is 0 Å². The fourth-order valence-corrected chi connectivity index (χ4v) is 1.61. The Hall–Kier alpha value is -1.59. The predicted octanol–water partition coefficient (Wildman–Crippen LogP) is 1.22. The third-order valence-corrected chi connectivity index (χ3v) is 2.87. The van der Waals surface area contributed by atoms with E-state index in [0.717, 1.165) is 5.56 Å². The van der Waals surface area contributed by atoms with Crippen molar-refractivity contribution in [2.45, 2.75) is 25.9 Å². The van der Waals surface area contributed by atoms with E-state index in [-0.39, 0.29) is 17.9 Å². The van der Waals surface area contributed by atoms with Gasteiger partial charge in [-0.05, 0) is 26.0 Å². The quantitative estimate of drug-likeness (QED) is 0.724. The summed E-state index contributed by atoms with van der Waals surface area (Å²) in [5, 5.41) is 22.3. The van der Waals surface area contributed by atoms with Crippen molar-refractivity contribution < 1.29 is 19.7 Å². The molecule has 3 N–H and O–H groups in total. The average molecular weight is 267 g/mol. The first kappa shape index (κ1) is 15.5. The van der Waals surface area contributed by atoms with Crippen LogP contribution in [0.3, 0.4) is 0 Å². The number of methoxy groups -OCH3 is 1. The Labute approximate surface area is 113 Å². The lowest BCUT2D eigenvalue weighted by atomic mass is 10.0. The van der Waals surface area contributed by atoms with E-state index in [2.05, 4.69) is 5.32 Å². The summed E-state index contributed by atoms with van der Waals surface area (Å²) >= 11 is 0. The first-order valence-corrected chi connectivity index (χ1v) is 6.15. The van der Waals surface area contributed by atoms with Gasteiger partial charge in [0.1, 0.15) is 5.75 Å². The molecule has 1 amide bonds. The molecule has 1 rings (SSSR count). The summed E-state index contributed by atoms with van der Waals surface area (Å²) in [5.74, 6) is -0.474. The second kappa shape index (κ2) is 6.54. The molecule has 0 aliphatic rings. The SMILES string of the molecule is COCCC(C)(O)CNC(=O)c1cc(C)ccc1O. The fourth-order valence-electron chi connectivity index (χ4n) is 1.61. The Kier molecular flexibility index (Phi) is 5.32. The van der Waals surface area contributed by atoms with Gasteiger partial charge in [0, 0.05) is 26.7 Å². The number of benzene rings is 1. The molecule has 0 saturated heterocycles. The van der Waals surface area contributed by atoms with Gasteiger partial charge in [0.2, 0.25) is 0 Å². The summed E-state index contributed by atoms with van der Waals surface area (Å²) in [5.41, 5.74) is 0.0575. The molecule has 0 aliphatic carbocycles. The van der Waals surface area contributed by atoms with Crippen LogP contribution >= 0.6 is 0 Å². The van der Waals surface area contributed by atoms with E-state index in [9.17, 15) is 15.0 Å². The predicted molar refractivity (Wildman–Crippen MR) is 72.3 cm³/mol. The first-order valence-electron chi connectivity index (χ1n) is 6.15. The highest BCUT2D eigenvalue weighted by atomic mass is 16.5. The zero-order chi connectivity index (χ0) is 14.5. The van der Waals surface area contributed by atoms with Gasteiger partial charge in [-0.15, -0.1) is 0 Å². The standard InChI is InChI=1S/C14H21NO4/c1-10-4-5-12(16)11(8-10)13(17)15-9-14(2,18)6-7-19-3/h4-5,8,16,18H,6-7,9H2,1-3H3,(H,15,17). The van der Waals surface area contributed by atoms with Gasteiger partial charge in [0.15, 0.2) is 0 Å². The van der Waals surface area contributed by atoms with Gasteiger partial charge in [-0.25, -0.2) is 0 Å². The highest BCUT2D eigenvalue weighted by molar-refractivity contribution is 5.97. The average Bonchev–Trinajstić information content (AvgIpc) is 2.36. The van der Waals surface area contributed by atoms with E-state index < -0.39 is 11.5 Å². The molecule has 19 heavy (non-hydrogen) atoms. The number of rotatable bonds is 6. The van der Waals surface area contributed by atoms with Crippen molar-refractivity contribution in [1.82, 2.24) is 5.32 Å². The monoisotopic (exact) mass is 267 g/mol. The zero-order valence-electron chi connectivity index (χ0n) is 11.6. The Morgan fingerprint density at radius 1 is 1.47 bits per heavy atom. The minimum absolute atomic E-state index is 0.0698. The van der Waals surface area contributed by atoms with Crippen molar-refractivity contribution in [3.05, 3.63) is 29.3 Å². The molecule has 0 radical (unpaired) electrons. The van der Waals surface area contributed by atoms with Crippen molar-refractivity contribution in [3.63, 3.8) is 0 Å². The van der Waals surface area contributed by atoms with Gasteiger partial charge in [-0.3, -0.25) is 4.79 Å². The first-order chi connectivity index (χ1) is 8.85. The molecule has 106 valence electrons. The van der Waals surface area contributed by atoms with E-state index in [1.807, 2.05) is 6.92 Å². The molecule has 5 nitrogen and oxygen atoms in total. The van der Waals surface area contributed by atoms with Crippen molar-refractivity contribution in [3.8, 4) is 5.75 Å². The molecule has 0 bridgehead atoms. The Bertz CT molecular complexity index is 443. The van der Waals surface area contributed by atoms with E-state index in [1.165, 1.54) is 6.07 Å². The highest BCUT2D eigenvalue weighted by Crippen LogP contribution is 2.18. The minimum atomic E-state index is -1.04. The summed E-state index contributed by atoms with van der Waals surface area (Å²) in [4.78, 5) is 11.9. The summed E-state index contributed by atoms with van der Waals surface area (Å²) in [6.45, 7) is 3.98. The van der Waals surface area contributed by atoms with Gasteiger partial charge < -0.3 is 20.3 Å². The number of aryl methyl sites for hydroxylation is 1. The highest BCUT2D eigenvalue weighted by Gasteiger charge is 2.22. The summed E-state index contributed by atoms with van der Waals surface area (Å²) in [6.07, 6.45) is 0.420. The molecular weight excluding hydrogens is 246 g/mol. The Balaban J connectivity index is 2.62. The van der Waals surface area contributed by atoms with Gasteiger partial charge in [-0.1, -0.05) is 11.6 Å². The number of amides is 1. The lowest BCUT2D eigenvalue weighted by Crippen LogP contribution is -2.41. The molecular formula is C14H21NO4. The number of ether oxygens (including phenoxy) is 1. The van der Waals surface area contributed by atoms with Crippen LogP contribution in [0.15, 0.2) is 18.2 Å². The lowest BCUT2D eigenvalue weighted by molar-refractivity contribution is 0.0243. The van der Waals surface area contributed by atoms with Crippen LogP contribution in [0.4, 0.5) is 0 Å². The minimum Gasteiger partial charge on any atom is -0.507 e. The number of carbonyl (C=O) groups is 1. The van der Waals surface area contributed by atoms with Gasteiger partial charge in [0.05, 0.1) is 11.2 Å². The molecule has 1 atom stereocenters. The molecule has 0 aromatic heterocycles. The third-order valence-electron chi connectivity index (χ3n) is 2.87. The molecule has 0 aliphatic heterocycles. The maximum Gasteiger partial charge on any atom is 0.255 e. The number of carbonyl (C=O) groups excluding carboxylic acids is 1. The fraction of sp³-hybridized carbons (Fsp3) is 0.500. The molecule has 1 aromatic carbocycles. The topological polar surface area (TPSA) is 78.8 Å². The molecule has 0 spiro atoms. The largest absolute Gasteiger partial charge is 0.507 e. The van der Waals surface area contributed by atoms with Gasteiger partial charge in [0.25, 0.3) is 5.91 Å².